The fourth-order valence-corrected chi connectivity index (χ4v) is 4.13. The first-order valence-electron chi connectivity index (χ1n) is 11.5. The number of carbonyl (C=O) groups excluding carboxylic acids is 1. The van der Waals surface area contributed by atoms with Crippen molar-refractivity contribution < 1.29 is 9.53 Å². The molecule has 1 unspecified atom stereocenters. The van der Waals surface area contributed by atoms with Crippen molar-refractivity contribution in [2.75, 3.05) is 6.61 Å². The molecule has 0 radical (unpaired) electrons. The predicted octanol–water partition coefficient (Wildman–Crippen LogP) is 5.92. The van der Waals surface area contributed by atoms with Crippen molar-refractivity contribution in [1.29, 1.82) is 0 Å². The molecule has 0 aliphatic carbocycles. The largest absolute Gasteiger partial charge is 0.493 e. The van der Waals surface area contributed by atoms with E-state index >= 15 is 0 Å². The molecule has 170 valence electrons. The van der Waals surface area contributed by atoms with Gasteiger partial charge in [0.1, 0.15) is 11.6 Å². The molecule has 5 heteroatoms. The second kappa shape index (κ2) is 9.90. The molecule has 0 aliphatic heterocycles. The number of hydrogen-bond donors (Lipinski definition) is 1. The summed E-state index contributed by atoms with van der Waals surface area (Å²) in [5, 5.41) is 3.11. The van der Waals surface area contributed by atoms with Crippen molar-refractivity contribution in [3.8, 4) is 5.75 Å². The Morgan fingerprint density at radius 1 is 0.970 bits per heavy atom. The Bertz CT molecular complexity index is 1240. The minimum Gasteiger partial charge on any atom is -0.493 e. The van der Waals surface area contributed by atoms with Gasteiger partial charge in [-0.1, -0.05) is 48.0 Å². The Kier molecular flexibility index (Phi) is 6.78. The molecule has 4 aromatic rings. The van der Waals surface area contributed by atoms with Gasteiger partial charge >= 0.3 is 0 Å². The van der Waals surface area contributed by atoms with E-state index in [2.05, 4.69) is 41.9 Å². The number of para-hydroxylation sites is 3. The van der Waals surface area contributed by atoms with E-state index in [-0.39, 0.29) is 11.9 Å². The fourth-order valence-electron chi connectivity index (χ4n) is 4.13. The summed E-state index contributed by atoms with van der Waals surface area (Å²) in [6.45, 7) is 9.51. The zero-order valence-corrected chi connectivity index (χ0v) is 19.8. The summed E-state index contributed by atoms with van der Waals surface area (Å²) in [6.07, 6.45) is 0.833. The number of benzene rings is 3. The molecule has 0 saturated carbocycles. The summed E-state index contributed by atoms with van der Waals surface area (Å²) >= 11 is 0. The molecule has 1 aromatic heterocycles. The van der Waals surface area contributed by atoms with Gasteiger partial charge in [0.15, 0.2) is 0 Å². The molecule has 1 amide bonds. The first kappa shape index (κ1) is 22.6. The van der Waals surface area contributed by atoms with E-state index in [9.17, 15) is 4.79 Å². The van der Waals surface area contributed by atoms with Gasteiger partial charge in [-0.15, -0.1) is 0 Å². The number of aromatic nitrogens is 2. The molecule has 0 saturated heterocycles. The van der Waals surface area contributed by atoms with Crippen molar-refractivity contribution in [3.05, 3.63) is 94.8 Å². The van der Waals surface area contributed by atoms with E-state index in [4.69, 9.17) is 9.72 Å². The fraction of sp³-hybridized carbons (Fsp3) is 0.286. The summed E-state index contributed by atoms with van der Waals surface area (Å²) in [4.78, 5) is 17.6. The monoisotopic (exact) mass is 441 g/mol. The minimum absolute atomic E-state index is 0.0977. The highest BCUT2D eigenvalue weighted by Crippen LogP contribution is 2.24. The van der Waals surface area contributed by atoms with Crippen LogP contribution in [-0.4, -0.2) is 22.1 Å². The zero-order valence-electron chi connectivity index (χ0n) is 19.8. The van der Waals surface area contributed by atoms with Crippen molar-refractivity contribution in [3.63, 3.8) is 0 Å². The standard InChI is InChI=1S/C28H31N3O2/c1-19-13-15-23(16-14-19)28(32)29-22(4)27-30-24-11-5-6-12-25(24)31(27)17-8-18-33-26-20(2)9-7-10-21(26)3/h5-7,9-16,22H,8,17-18H2,1-4H3,(H,29,32). The third-order valence-corrected chi connectivity index (χ3v) is 5.91. The molecule has 0 spiro atoms. The quantitative estimate of drug-likeness (QED) is 0.345. The topological polar surface area (TPSA) is 56.2 Å². The Labute approximate surface area is 195 Å². The van der Waals surface area contributed by atoms with Crippen LogP contribution in [0.4, 0.5) is 0 Å². The summed E-state index contributed by atoms with van der Waals surface area (Å²) < 4.78 is 8.30. The van der Waals surface area contributed by atoms with Crippen molar-refractivity contribution in [1.82, 2.24) is 14.9 Å². The molecule has 5 nitrogen and oxygen atoms in total. The Balaban J connectivity index is 1.49. The third kappa shape index (κ3) is 5.08. The van der Waals surface area contributed by atoms with Crippen LogP contribution in [0.2, 0.25) is 0 Å². The first-order valence-corrected chi connectivity index (χ1v) is 11.5. The molecular weight excluding hydrogens is 410 g/mol. The minimum atomic E-state index is -0.231. The van der Waals surface area contributed by atoms with Crippen LogP contribution in [0.5, 0.6) is 5.75 Å². The van der Waals surface area contributed by atoms with Gasteiger partial charge in [-0.3, -0.25) is 4.79 Å². The Morgan fingerprint density at radius 2 is 1.67 bits per heavy atom. The van der Waals surface area contributed by atoms with E-state index in [0.717, 1.165) is 52.3 Å². The molecule has 3 aromatic carbocycles. The average molecular weight is 442 g/mol. The maximum Gasteiger partial charge on any atom is 0.251 e. The van der Waals surface area contributed by atoms with Crippen molar-refractivity contribution >= 4 is 16.9 Å². The second-order valence-corrected chi connectivity index (χ2v) is 8.59. The van der Waals surface area contributed by atoms with Crippen LogP contribution < -0.4 is 10.1 Å². The van der Waals surface area contributed by atoms with E-state index in [1.807, 2.05) is 62.4 Å². The van der Waals surface area contributed by atoms with Gasteiger partial charge in [-0.05, 0) is 69.5 Å². The number of imidazole rings is 1. The van der Waals surface area contributed by atoms with Crippen LogP contribution >= 0.6 is 0 Å². The van der Waals surface area contributed by atoms with Gasteiger partial charge in [0.05, 0.1) is 23.7 Å². The molecule has 0 bridgehead atoms. The number of nitrogens with one attached hydrogen (secondary N) is 1. The van der Waals surface area contributed by atoms with Gasteiger partial charge in [-0.2, -0.15) is 0 Å². The number of nitrogens with zero attached hydrogens (tertiary/aromatic N) is 2. The molecule has 0 aliphatic rings. The van der Waals surface area contributed by atoms with Gasteiger partial charge < -0.3 is 14.6 Å². The van der Waals surface area contributed by atoms with Gasteiger partial charge in [0.25, 0.3) is 5.91 Å². The maximum atomic E-state index is 12.8. The number of rotatable bonds is 8. The van der Waals surface area contributed by atoms with Crippen molar-refractivity contribution in [2.24, 2.45) is 0 Å². The lowest BCUT2D eigenvalue weighted by Crippen LogP contribution is -2.28. The summed E-state index contributed by atoms with van der Waals surface area (Å²) in [5.74, 6) is 1.72. The molecular formula is C28H31N3O2. The molecule has 33 heavy (non-hydrogen) atoms. The lowest BCUT2D eigenvalue weighted by Gasteiger charge is -2.17. The number of hydrogen-bond acceptors (Lipinski definition) is 3. The molecule has 0 fully saturated rings. The van der Waals surface area contributed by atoms with E-state index < -0.39 is 0 Å². The number of amides is 1. The number of fused-ring (bicyclic) bond motifs is 1. The van der Waals surface area contributed by atoms with Crippen LogP contribution in [0.25, 0.3) is 11.0 Å². The maximum absolute atomic E-state index is 12.8. The van der Waals surface area contributed by atoms with Crippen LogP contribution in [-0.2, 0) is 6.54 Å². The smallest absolute Gasteiger partial charge is 0.251 e. The van der Waals surface area contributed by atoms with Crippen LogP contribution in [0, 0.1) is 20.8 Å². The Hall–Kier alpha value is -3.60. The van der Waals surface area contributed by atoms with Gasteiger partial charge in [0.2, 0.25) is 0 Å². The van der Waals surface area contributed by atoms with E-state index in [1.165, 1.54) is 0 Å². The SMILES string of the molecule is Cc1ccc(C(=O)NC(C)c2nc3ccccc3n2CCCOc2c(C)cccc2C)cc1. The average Bonchev–Trinajstić information content (AvgIpc) is 3.17. The van der Waals surface area contributed by atoms with E-state index in [0.29, 0.717) is 12.2 Å². The molecule has 1 heterocycles. The summed E-state index contributed by atoms with van der Waals surface area (Å²) in [6, 6.07) is 21.7. The van der Waals surface area contributed by atoms with E-state index in [1.54, 1.807) is 0 Å². The highest BCUT2D eigenvalue weighted by atomic mass is 16.5. The van der Waals surface area contributed by atoms with Crippen LogP contribution in [0.1, 0.15) is 52.3 Å². The van der Waals surface area contributed by atoms with Gasteiger partial charge in [0, 0.05) is 12.1 Å². The number of ether oxygens (including phenoxy) is 1. The summed E-state index contributed by atoms with van der Waals surface area (Å²) in [5.41, 5.74) is 6.07. The van der Waals surface area contributed by atoms with Crippen LogP contribution in [0.15, 0.2) is 66.7 Å². The molecule has 1 atom stereocenters. The predicted molar refractivity (Wildman–Crippen MR) is 133 cm³/mol. The lowest BCUT2D eigenvalue weighted by atomic mass is 10.1. The normalized spacial score (nSPS) is 12.0. The number of aryl methyl sites for hydroxylation is 4. The molecule has 4 rings (SSSR count). The van der Waals surface area contributed by atoms with Crippen LogP contribution in [0.3, 0.4) is 0 Å². The van der Waals surface area contributed by atoms with Gasteiger partial charge in [-0.25, -0.2) is 4.98 Å². The highest BCUT2D eigenvalue weighted by molar-refractivity contribution is 5.94. The lowest BCUT2D eigenvalue weighted by molar-refractivity contribution is 0.0937. The number of carbonyl (C=O) groups is 1. The Morgan fingerprint density at radius 3 is 2.39 bits per heavy atom. The zero-order chi connectivity index (χ0) is 23.4. The summed E-state index contributed by atoms with van der Waals surface area (Å²) in [7, 11) is 0. The first-order chi connectivity index (χ1) is 15.9. The second-order valence-electron chi connectivity index (χ2n) is 8.59. The molecule has 1 N–H and O–H groups in total. The highest BCUT2D eigenvalue weighted by Gasteiger charge is 2.19. The third-order valence-electron chi connectivity index (χ3n) is 5.91. The van der Waals surface area contributed by atoms with Crippen molar-refractivity contribution in [2.45, 2.75) is 46.7 Å².